The van der Waals surface area contributed by atoms with Crippen LogP contribution < -0.4 is 10.8 Å². The third-order valence-electron chi connectivity index (χ3n) is 3.78. The van der Waals surface area contributed by atoms with Crippen molar-refractivity contribution in [2.75, 3.05) is 0 Å². The van der Waals surface area contributed by atoms with Crippen molar-refractivity contribution < 1.29 is 14.8 Å². The molecule has 0 heterocycles. The predicted molar refractivity (Wildman–Crippen MR) is 92.0 cm³/mol. The van der Waals surface area contributed by atoms with Gasteiger partial charge in [0.05, 0.1) is 0 Å². The highest BCUT2D eigenvalue weighted by Crippen LogP contribution is 2.22. The number of hydrogen-bond donors (Lipinski definition) is 3. The molecule has 0 atom stereocenters. The minimum absolute atomic E-state index is 0.0532. The van der Waals surface area contributed by atoms with Crippen LogP contribution in [-0.2, 0) is 12.0 Å². The van der Waals surface area contributed by atoms with E-state index in [0.29, 0.717) is 17.7 Å². The maximum Gasteiger partial charge on any atom is 0.274 e. The van der Waals surface area contributed by atoms with Gasteiger partial charge in [0.1, 0.15) is 0 Å². The second-order valence-electron chi connectivity index (χ2n) is 6.65. The monoisotopic (exact) mass is 326 g/mol. The molecular formula is C19H22N2O3. The second kappa shape index (κ2) is 7.27. The van der Waals surface area contributed by atoms with Gasteiger partial charge in [0.15, 0.2) is 0 Å². The van der Waals surface area contributed by atoms with E-state index >= 15 is 0 Å². The van der Waals surface area contributed by atoms with Crippen LogP contribution in [0.2, 0.25) is 0 Å². The zero-order valence-electron chi connectivity index (χ0n) is 14.1. The van der Waals surface area contributed by atoms with Gasteiger partial charge < -0.3 is 5.32 Å². The van der Waals surface area contributed by atoms with E-state index in [1.807, 2.05) is 24.3 Å². The maximum absolute atomic E-state index is 12.2. The zero-order chi connectivity index (χ0) is 17.7. The largest absolute Gasteiger partial charge is 0.348 e. The molecule has 0 aliphatic rings. The van der Waals surface area contributed by atoms with Crippen molar-refractivity contribution in [1.82, 2.24) is 10.8 Å². The third-order valence-corrected chi connectivity index (χ3v) is 3.78. The van der Waals surface area contributed by atoms with Crippen LogP contribution in [-0.4, -0.2) is 17.0 Å². The summed E-state index contributed by atoms with van der Waals surface area (Å²) >= 11 is 0. The quantitative estimate of drug-likeness (QED) is 0.597. The average Bonchev–Trinajstić information content (AvgIpc) is 2.58. The van der Waals surface area contributed by atoms with E-state index in [9.17, 15) is 9.59 Å². The van der Waals surface area contributed by atoms with Crippen LogP contribution in [0.4, 0.5) is 0 Å². The van der Waals surface area contributed by atoms with Gasteiger partial charge in [-0.2, -0.15) is 0 Å². The van der Waals surface area contributed by atoms with E-state index in [1.165, 1.54) is 5.56 Å². The molecule has 24 heavy (non-hydrogen) atoms. The highest BCUT2D eigenvalue weighted by atomic mass is 16.5. The van der Waals surface area contributed by atoms with Crippen LogP contribution in [0.3, 0.4) is 0 Å². The molecule has 3 N–H and O–H groups in total. The molecule has 2 aromatic carbocycles. The fourth-order valence-electron chi connectivity index (χ4n) is 2.24. The number of benzene rings is 2. The highest BCUT2D eigenvalue weighted by Gasteiger charge is 2.14. The molecular weight excluding hydrogens is 304 g/mol. The topological polar surface area (TPSA) is 78.4 Å². The summed E-state index contributed by atoms with van der Waals surface area (Å²) in [6, 6.07) is 14.2. The van der Waals surface area contributed by atoms with Crippen molar-refractivity contribution in [3.8, 4) is 0 Å². The molecule has 0 radical (unpaired) electrons. The van der Waals surface area contributed by atoms with E-state index in [4.69, 9.17) is 5.21 Å². The first-order valence-electron chi connectivity index (χ1n) is 7.73. The van der Waals surface area contributed by atoms with Crippen molar-refractivity contribution >= 4 is 11.8 Å². The number of carbonyl (C=O) groups is 2. The maximum atomic E-state index is 12.2. The number of rotatable bonds is 4. The lowest BCUT2D eigenvalue weighted by Gasteiger charge is -2.19. The Hall–Kier alpha value is -2.66. The summed E-state index contributed by atoms with van der Waals surface area (Å²) < 4.78 is 0. The summed E-state index contributed by atoms with van der Waals surface area (Å²) in [6.45, 7) is 6.75. The first-order chi connectivity index (χ1) is 11.3. The lowest BCUT2D eigenvalue weighted by Crippen LogP contribution is -2.23. The van der Waals surface area contributed by atoms with E-state index in [2.05, 4.69) is 26.1 Å². The molecule has 0 saturated carbocycles. The van der Waals surface area contributed by atoms with Crippen molar-refractivity contribution in [1.29, 1.82) is 0 Å². The molecule has 0 fully saturated rings. The normalized spacial score (nSPS) is 11.0. The molecule has 2 aromatic rings. The van der Waals surface area contributed by atoms with Crippen molar-refractivity contribution in [3.63, 3.8) is 0 Å². The van der Waals surface area contributed by atoms with Crippen LogP contribution in [0.15, 0.2) is 48.5 Å². The Labute approximate surface area is 141 Å². The molecule has 2 amide bonds. The van der Waals surface area contributed by atoms with E-state index < -0.39 is 5.91 Å². The van der Waals surface area contributed by atoms with Gasteiger partial charge in [-0.15, -0.1) is 0 Å². The van der Waals surface area contributed by atoms with Gasteiger partial charge in [0.25, 0.3) is 11.8 Å². The smallest absolute Gasteiger partial charge is 0.274 e. The summed E-state index contributed by atoms with van der Waals surface area (Å²) in [5.41, 5.74) is 4.64. The molecule has 5 nitrogen and oxygen atoms in total. The van der Waals surface area contributed by atoms with Gasteiger partial charge in [-0.25, -0.2) is 5.48 Å². The van der Waals surface area contributed by atoms with Crippen LogP contribution in [0.25, 0.3) is 0 Å². The lowest BCUT2D eigenvalue weighted by molar-refractivity contribution is 0.0706. The molecule has 0 spiro atoms. The number of hydrogen-bond acceptors (Lipinski definition) is 3. The summed E-state index contributed by atoms with van der Waals surface area (Å²) in [7, 11) is 0. The summed E-state index contributed by atoms with van der Waals surface area (Å²) in [5, 5.41) is 11.4. The molecule has 0 aliphatic carbocycles. The summed E-state index contributed by atoms with van der Waals surface area (Å²) in [4.78, 5) is 23.4. The van der Waals surface area contributed by atoms with Crippen molar-refractivity contribution in [2.45, 2.75) is 32.7 Å². The summed E-state index contributed by atoms with van der Waals surface area (Å²) in [5.74, 6) is -0.711. The Morgan fingerprint density at radius 1 is 0.875 bits per heavy atom. The highest BCUT2D eigenvalue weighted by molar-refractivity contribution is 5.94. The van der Waals surface area contributed by atoms with Gasteiger partial charge in [0, 0.05) is 17.7 Å². The third kappa shape index (κ3) is 4.43. The van der Waals surface area contributed by atoms with Crippen LogP contribution in [0.1, 0.15) is 52.6 Å². The molecule has 5 heteroatoms. The van der Waals surface area contributed by atoms with Crippen molar-refractivity contribution in [3.05, 3.63) is 70.8 Å². The molecule has 126 valence electrons. The van der Waals surface area contributed by atoms with Crippen LogP contribution in [0.5, 0.6) is 0 Å². The van der Waals surface area contributed by atoms with E-state index in [0.717, 1.165) is 5.56 Å². The SMILES string of the molecule is CC(C)(C)c1ccc(C(=O)NCc2ccc(C(=O)NO)cc2)cc1. The standard InChI is InChI=1S/C19H22N2O3/c1-19(2,3)16-10-8-14(9-11-16)17(22)20-12-13-4-6-15(7-5-13)18(23)21-24/h4-11,24H,12H2,1-3H3,(H,20,22)(H,21,23). The van der Waals surface area contributed by atoms with Crippen molar-refractivity contribution in [2.24, 2.45) is 0 Å². The number of nitrogens with one attached hydrogen (secondary N) is 2. The minimum atomic E-state index is -0.565. The molecule has 0 aliphatic heterocycles. The zero-order valence-corrected chi connectivity index (χ0v) is 14.1. The lowest BCUT2D eigenvalue weighted by atomic mass is 9.87. The Morgan fingerprint density at radius 3 is 1.88 bits per heavy atom. The van der Waals surface area contributed by atoms with Gasteiger partial charge >= 0.3 is 0 Å². The number of amides is 2. The first kappa shape index (κ1) is 17.7. The fraction of sp³-hybridized carbons (Fsp3) is 0.263. The van der Waals surface area contributed by atoms with Crippen LogP contribution in [0, 0.1) is 0 Å². The first-order valence-corrected chi connectivity index (χ1v) is 7.73. The summed E-state index contributed by atoms with van der Waals surface area (Å²) in [6.07, 6.45) is 0. The van der Waals surface area contributed by atoms with Gasteiger partial charge in [-0.1, -0.05) is 45.0 Å². The molecule has 0 unspecified atom stereocenters. The molecule has 2 rings (SSSR count). The van der Waals surface area contributed by atoms with Gasteiger partial charge in [-0.05, 0) is 40.8 Å². The Morgan fingerprint density at radius 2 is 1.38 bits per heavy atom. The predicted octanol–water partition coefficient (Wildman–Crippen LogP) is 3.03. The Balaban J connectivity index is 1.96. The average molecular weight is 326 g/mol. The second-order valence-corrected chi connectivity index (χ2v) is 6.65. The van der Waals surface area contributed by atoms with Gasteiger partial charge in [0.2, 0.25) is 0 Å². The molecule has 0 bridgehead atoms. The van der Waals surface area contributed by atoms with Crippen LogP contribution >= 0.6 is 0 Å². The Bertz CT molecular complexity index is 714. The number of carbonyl (C=O) groups excluding carboxylic acids is 2. The Kier molecular flexibility index (Phi) is 5.36. The molecule has 0 aromatic heterocycles. The van der Waals surface area contributed by atoms with Gasteiger partial charge in [-0.3, -0.25) is 14.8 Å². The fourth-order valence-corrected chi connectivity index (χ4v) is 2.24. The number of hydroxylamine groups is 1. The minimum Gasteiger partial charge on any atom is -0.348 e. The van der Waals surface area contributed by atoms with E-state index in [-0.39, 0.29) is 11.3 Å². The molecule has 0 saturated heterocycles. The van der Waals surface area contributed by atoms with E-state index in [1.54, 1.807) is 29.7 Å².